The van der Waals surface area contributed by atoms with Gasteiger partial charge in [0, 0.05) is 18.8 Å². The van der Waals surface area contributed by atoms with Gasteiger partial charge < -0.3 is 4.74 Å². The SMILES string of the molecule is CCC(OC(=O)ON1C(=O)CCC1=O)C1c2ccccc2-c2ccccc21. The standard InChI is InChI=1S/C21H19NO5/c1-2-17(26-21(25)27-22-18(23)11-12-19(22)24)20-15-9-5-3-7-13(15)14-8-4-6-10-16(14)20/h3-10,17,20H,2,11-12H2,1H3. The van der Waals surface area contributed by atoms with Gasteiger partial charge in [-0.1, -0.05) is 60.5 Å². The summed E-state index contributed by atoms with van der Waals surface area (Å²) in [6.45, 7) is 1.92. The molecule has 0 spiro atoms. The molecule has 0 aromatic heterocycles. The molecule has 2 amide bonds. The lowest BCUT2D eigenvalue weighted by atomic mass is 9.90. The molecule has 0 N–H and O–H groups in total. The third-order valence-corrected chi connectivity index (χ3v) is 5.08. The Morgan fingerprint density at radius 2 is 1.52 bits per heavy atom. The molecule has 138 valence electrons. The van der Waals surface area contributed by atoms with E-state index in [2.05, 4.69) is 12.1 Å². The number of benzene rings is 2. The average molecular weight is 365 g/mol. The predicted molar refractivity (Wildman–Crippen MR) is 96.5 cm³/mol. The number of hydrogen-bond donors (Lipinski definition) is 0. The monoisotopic (exact) mass is 365 g/mol. The van der Waals surface area contributed by atoms with Crippen molar-refractivity contribution < 1.29 is 24.0 Å². The number of carbonyl (C=O) groups is 3. The van der Waals surface area contributed by atoms with Crippen LogP contribution >= 0.6 is 0 Å². The summed E-state index contributed by atoms with van der Waals surface area (Å²) in [5, 5.41) is 0.506. The van der Waals surface area contributed by atoms with Gasteiger partial charge in [-0.05, 0) is 28.7 Å². The van der Waals surface area contributed by atoms with E-state index in [0.717, 1.165) is 22.3 Å². The first-order valence-corrected chi connectivity index (χ1v) is 9.02. The minimum absolute atomic E-state index is 0.0483. The Bertz CT molecular complexity index is 861. The zero-order valence-electron chi connectivity index (χ0n) is 14.9. The zero-order valence-corrected chi connectivity index (χ0v) is 14.9. The van der Waals surface area contributed by atoms with Crippen molar-refractivity contribution in [1.82, 2.24) is 5.06 Å². The van der Waals surface area contributed by atoms with Gasteiger partial charge in [0.1, 0.15) is 6.10 Å². The van der Waals surface area contributed by atoms with Crippen LogP contribution in [0, 0.1) is 0 Å². The molecule has 2 aromatic carbocycles. The second-order valence-electron chi connectivity index (χ2n) is 6.64. The smallest absolute Gasteiger partial charge is 0.428 e. The van der Waals surface area contributed by atoms with Crippen LogP contribution in [0.15, 0.2) is 48.5 Å². The lowest BCUT2D eigenvalue weighted by molar-refractivity contribution is -0.178. The second kappa shape index (κ2) is 6.87. The van der Waals surface area contributed by atoms with Crippen molar-refractivity contribution in [2.45, 2.75) is 38.2 Å². The summed E-state index contributed by atoms with van der Waals surface area (Å²) < 4.78 is 5.55. The molecular formula is C21H19NO5. The number of nitrogens with zero attached hydrogens (tertiary/aromatic N) is 1. The van der Waals surface area contributed by atoms with E-state index in [1.54, 1.807) is 0 Å². The molecule has 2 aromatic rings. The van der Waals surface area contributed by atoms with Crippen molar-refractivity contribution in [1.29, 1.82) is 0 Å². The molecule has 1 atom stereocenters. The molecule has 0 radical (unpaired) electrons. The summed E-state index contributed by atoms with van der Waals surface area (Å²) in [6.07, 6.45) is -0.855. The average Bonchev–Trinajstić information content (AvgIpc) is 3.18. The van der Waals surface area contributed by atoms with Crippen LogP contribution in [-0.2, 0) is 19.2 Å². The highest BCUT2D eigenvalue weighted by molar-refractivity contribution is 6.01. The summed E-state index contributed by atoms with van der Waals surface area (Å²) in [5.41, 5.74) is 4.43. The van der Waals surface area contributed by atoms with E-state index in [1.807, 2.05) is 43.3 Å². The Labute approximate surface area is 156 Å². The number of amides is 2. The lowest BCUT2D eigenvalue weighted by Gasteiger charge is -2.24. The van der Waals surface area contributed by atoms with Crippen molar-refractivity contribution in [2.24, 2.45) is 0 Å². The fourth-order valence-corrected chi connectivity index (χ4v) is 3.86. The molecule has 0 saturated carbocycles. The fraction of sp³-hybridized carbons (Fsp3) is 0.286. The fourth-order valence-electron chi connectivity index (χ4n) is 3.86. The molecule has 1 unspecified atom stereocenters. The van der Waals surface area contributed by atoms with Crippen LogP contribution in [-0.4, -0.2) is 29.1 Å². The van der Waals surface area contributed by atoms with Gasteiger partial charge in [-0.25, -0.2) is 4.79 Å². The second-order valence-corrected chi connectivity index (χ2v) is 6.64. The van der Waals surface area contributed by atoms with Crippen molar-refractivity contribution in [3.8, 4) is 11.1 Å². The first-order valence-electron chi connectivity index (χ1n) is 9.02. The van der Waals surface area contributed by atoms with Gasteiger partial charge in [-0.2, -0.15) is 0 Å². The van der Waals surface area contributed by atoms with Crippen LogP contribution < -0.4 is 0 Å². The van der Waals surface area contributed by atoms with Gasteiger partial charge >= 0.3 is 6.16 Å². The topological polar surface area (TPSA) is 72.9 Å². The van der Waals surface area contributed by atoms with Crippen LogP contribution in [0.3, 0.4) is 0 Å². The molecule has 27 heavy (non-hydrogen) atoms. The molecular weight excluding hydrogens is 346 g/mol. The third-order valence-electron chi connectivity index (χ3n) is 5.08. The van der Waals surface area contributed by atoms with E-state index in [0.29, 0.717) is 11.5 Å². The highest BCUT2D eigenvalue weighted by atomic mass is 16.8. The van der Waals surface area contributed by atoms with Crippen LogP contribution in [0.1, 0.15) is 43.2 Å². The van der Waals surface area contributed by atoms with Gasteiger partial charge in [0.25, 0.3) is 11.8 Å². The van der Waals surface area contributed by atoms with E-state index < -0.39 is 24.1 Å². The molecule has 1 heterocycles. The molecule has 2 aliphatic rings. The van der Waals surface area contributed by atoms with E-state index >= 15 is 0 Å². The van der Waals surface area contributed by atoms with Gasteiger partial charge in [-0.3, -0.25) is 14.4 Å². The van der Waals surface area contributed by atoms with Crippen LogP contribution in [0.5, 0.6) is 0 Å². The van der Waals surface area contributed by atoms with E-state index in [-0.39, 0.29) is 18.8 Å². The first kappa shape index (κ1) is 17.3. The number of hydrogen-bond acceptors (Lipinski definition) is 5. The highest BCUT2D eigenvalue weighted by Gasteiger charge is 2.38. The van der Waals surface area contributed by atoms with Gasteiger partial charge in [0.15, 0.2) is 0 Å². The Morgan fingerprint density at radius 1 is 1.00 bits per heavy atom. The number of fused-ring (bicyclic) bond motifs is 3. The van der Waals surface area contributed by atoms with Gasteiger partial charge in [0.2, 0.25) is 0 Å². The largest absolute Gasteiger partial charge is 0.534 e. The van der Waals surface area contributed by atoms with Crippen LogP contribution in [0.25, 0.3) is 11.1 Å². The molecule has 1 aliphatic heterocycles. The minimum Gasteiger partial charge on any atom is -0.428 e. The molecule has 4 rings (SSSR count). The third kappa shape index (κ3) is 2.97. The Morgan fingerprint density at radius 3 is 2.04 bits per heavy atom. The highest BCUT2D eigenvalue weighted by Crippen LogP contribution is 2.47. The summed E-state index contributed by atoms with van der Waals surface area (Å²) in [4.78, 5) is 40.4. The molecule has 0 bridgehead atoms. The molecule has 1 aliphatic carbocycles. The molecule has 6 heteroatoms. The number of imide groups is 1. The Hall–Kier alpha value is -3.15. The summed E-state index contributed by atoms with van der Waals surface area (Å²) in [6, 6.07) is 16.1. The number of hydroxylamine groups is 2. The quantitative estimate of drug-likeness (QED) is 0.609. The maximum atomic E-state index is 12.2. The van der Waals surface area contributed by atoms with Crippen molar-refractivity contribution in [3.63, 3.8) is 0 Å². The van der Waals surface area contributed by atoms with Crippen molar-refractivity contribution in [3.05, 3.63) is 59.7 Å². The molecule has 1 saturated heterocycles. The van der Waals surface area contributed by atoms with Crippen LogP contribution in [0.2, 0.25) is 0 Å². The van der Waals surface area contributed by atoms with Gasteiger partial charge in [-0.15, -0.1) is 0 Å². The van der Waals surface area contributed by atoms with Crippen molar-refractivity contribution >= 4 is 18.0 Å². The zero-order chi connectivity index (χ0) is 19.0. The number of carbonyl (C=O) groups excluding carboxylic acids is 3. The van der Waals surface area contributed by atoms with E-state index in [9.17, 15) is 14.4 Å². The number of rotatable bonds is 4. The van der Waals surface area contributed by atoms with Crippen molar-refractivity contribution in [2.75, 3.05) is 0 Å². The first-order chi connectivity index (χ1) is 13.1. The Kier molecular flexibility index (Phi) is 4.39. The molecule has 1 fully saturated rings. The summed E-state index contributed by atoms with van der Waals surface area (Å²) >= 11 is 0. The Balaban J connectivity index is 1.58. The summed E-state index contributed by atoms with van der Waals surface area (Å²) in [7, 11) is 0. The number of ether oxygens (including phenoxy) is 1. The van der Waals surface area contributed by atoms with E-state index in [4.69, 9.17) is 9.57 Å². The minimum atomic E-state index is -1.03. The maximum absolute atomic E-state index is 12.2. The van der Waals surface area contributed by atoms with Gasteiger partial charge in [0.05, 0.1) is 0 Å². The van der Waals surface area contributed by atoms with E-state index in [1.165, 1.54) is 0 Å². The lowest BCUT2D eigenvalue weighted by Crippen LogP contribution is -2.34. The predicted octanol–water partition coefficient (Wildman–Crippen LogP) is 3.79. The molecule has 6 nitrogen and oxygen atoms in total. The maximum Gasteiger partial charge on any atom is 0.534 e. The van der Waals surface area contributed by atoms with Crippen LogP contribution in [0.4, 0.5) is 4.79 Å². The normalized spacial score (nSPS) is 16.9. The summed E-state index contributed by atoms with van der Waals surface area (Å²) in [5.74, 6) is -1.18.